The van der Waals surface area contributed by atoms with Crippen molar-refractivity contribution in [1.29, 1.82) is 0 Å². The van der Waals surface area contributed by atoms with E-state index in [0.29, 0.717) is 16.7 Å². The van der Waals surface area contributed by atoms with E-state index < -0.39 is 6.04 Å². The first kappa shape index (κ1) is 16.5. The Balaban J connectivity index is 1.71. The summed E-state index contributed by atoms with van der Waals surface area (Å²) >= 11 is 3.31. The van der Waals surface area contributed by atoms with E-state index in [2.05, 4.69) is 41.2 Å². The fraction of sp³-hybridized carbons (Fsp3) is 0.267. The maximum Gasteiger partial charge on any atom is 0.241 e. The number of nitrogens with zero attached hydrogens (tertiary/aromatic N) is 3. The van der Waals surface area contributed by atoms with Crippen molar-refractivity contribution >= 4 is 44.5 Å². The van der Waals surface area contributed by atoms with Gasteiger partial charge in [-0.05, 0) is 34.1 Å². The van der Waals surface area contributed by atoms with Crippen molar-refractivity contribution in [1.82, 2.24) is 19.9 Å². The van der Waals surface area contributed by atoms with Crippen LogP contribution in [0.2, 0.25) is 0 Å². The van der Waals surface area contributed by atoms with Gasteiger partial charge in [0, 0.05) is 26.2 Å². The minimum absolute atomic E-state index is 0.261. The van der Waals surface area contributed by atoms with Crippen LogP contribution in [0.5, 0.6) is 0 Å². The number of amides is 1. The third-order valence-corrected chi connectivity index (χ3v) is 4.27. The Bertz CT molecular complexity index is 870. The van der Waals surface area contributed by atoms with Gasteiger partial charge in [0.1, 0.15) is 4.60 Å². The molecule has 0 saturated carbocycles. The van der Waals surface area contributed by atoms with Crippen molar-refractivity contribution in [2.75, 3.05) is 24.3 Å². The molecule has 0 aliphatic heterocycles. The number of nitrogens with two attached hydrogens (primary N) is 1. The van der Waals surface area contributed by atoms with Crippen LogP contribution < -0.4 is 16.0 Å². The summed E-state index contributed by atoms with van der Waals surface area (Å²) in [5, 5.41) is 2.83. The number of carbonyl (C=O) groups is 1. The SMILES string of the molecule is CN(C)c1nc2ccc(NC(=O)C(N)Cc3[nH]cnc3Br)cc2[nH]1. The van der Waals surface area contributed by atoms with Gasteiger partial charge in [-0.2, -0.15) is 0 Å². The van der Waals surface area contributed by atoms with Gasteiger partial charge in [0.05, 0.1) is 29.1 Å². The Hall–Kier alpha value is -2.39. The summed E-state index contributed by atoms with van der Waals surface area (Å²) in [6, 6.07) is 4.81. The first-order chi connectivity index (χ1) is 11.4. The van der Waals surface area contributed by atoms with Gasteiger partial charge < -0.3 is 25.9 Å². The molecular weight excluding hydrogens is 374 g/mol. The van der Waals surface area contributed by atoms with Gasteiger partial charge in [0.15, 0.2) is 0 Å². The maximum atomic E-state index is 12.3. The first-order valence-corrected chi connectivity index (χ1v) is 8.14. The van der Waals surface area contributed by atoms with Crippen LogP contribution in [0.15, 0.2) is 29.1 Å². The van der Waals surface area contributed by atoms with Crippen LogP contribution in [0.1, 0.15) is 5.69 Å². The molecule has 0 spiro atoms. The van der Waals surface area contributed by atoms with E-state index in [0.717, 1.165) is 22.7 Å². The Kier molecular flexibility index (Phi) is 4.54. The fourth-order valence-corrected chi connectivity index (χ4v) is 2.66. The lowest BCUT2D eigenvalue weighted by Gasteiger charge is -2.11. The highest BCUT2D eigenvalue weighted by Gasteiger charge is 2.17. The molecule has 8 nitrogen and oxygen atoms in total. The van der Waals surface area contributed by atoms with Crippen molar-refractivity contribution in [3.63, 3.8) is 0 Å². The monoisotopic (exact) mass is 391 g/mol. The molecule has 0 aliphatic carbocycles. The molecule has 0 bridgehead atoms. The highest BCUT2D eigenvalue weighted by atomic mass is 79.9. The number of anilines is 2. The average molecular weight is 392 g/mol. The molecule has 0 fully saturated rings. The minimum Gasteiger partial charge on any atom is -0.349 e. The Labute approximate surface area is 147 Å². The predicted octanol–water partition coefficient (Wildman–Crippen LogP) is 1.62. The molecule has 9 heteroatoms. The van der Waals surface area contributed by atoms with Gasteiger partial charge in [0.2, 0.25) is 11.9 Å². The fourth-order valence-electron chi connectivity index (χ4n) is 2.28. The maximum absolute atomic E-state index is 12.3. The summed E-state index contributed by atoms with van der Waals surface area (Å²) in [5.41, 5.74) is 9.11. The number of hydrogen-bond donors (Lipinski definition) is 4. The Morgan fingerprint density at radius 2 is 2.25 bits per heavy atom. The van der Waals surface area contributed by atoms with Crippen LogP contribution in [0.25, 0.3) is 11.0 Å². The Morgan fingerprint density at radius 3 is 2.92 bits per heavy atom. The van der Waals surface area contributed by atoms with Gasteiger partial charge in [-0.25, -0.2) is 9.97 Å². The zero-order chi connectivity index (χ0) is 17.3. The van der Waals surface area contributed by atoms with Gasteiger partial charge in [0.25, 0.3) is 0 Å². The molecular formula is C15H18BrN7O. The number of halogens is 1. The molecule has 0 radical (unpaired) electrons. The van der Waals surface area contributed by atoms with Gasteiger partial charge in [-0.3, -0.25) is 4.79 Å². The van der Waals surface area contributed by atoms with E-state index in [1.807, 2.05) is 31.1 Å². The molecule has 24 heavy (non-hydrogen) atoms. The number of imidazole rings is 2. The van der Waals surface area contributed by atoms with Crippen LogP contribution >= 0.6 is 15.9 Å². The van der Waals surface area contributed by atoms with Crippen LogP contribution in [0.4, 0.5) is 11.6 Å². The quantitative estimate of drug-likeness (QED) is 0.527. The zero-order valence-electron chi connectivity index (χ0n) is 13.3. The summed E-state index contributed by atoms with van der Waals surface area (Å²) in [5.74, 6) is 0.498. The lowest BCUT2D eigenvalue weighted by molar-refractivity contribution is -0.117. The summed E-state index contributed by atoms with van der Waals surface area (Å²) in [4.78, 5) is 28.8. The largest absolute Gasteiger partial charge is 0.349 e. The molecule has 0 saturated heterocycles. The number of H-pyrrole nitrogens is 2. The van der Waals surface area contributed by atoms with Crippen LogP contribution in [-0.4, -0.2) is 46.0 Å². The summed E-state index contributed by atoms with van der Waals surface area (Å²) in [6.45, 7) is 0. The molecule has 3 rings (SSSR count). The molecule has 3 aromatic rings. The predicted molar refractivity (Wildman–Crippen MR) is 97.0 cm³/mol. The molecule has 1 atom stereocenters. The van der Waals surface area contributed by atoms with Gasteiger partial charge in [-0.15, -0.1) is 0 Å². The van der Waals surface area contributed by atoms with E-state index in [-0.39, 0.29) is 5.91 Å². The van der Waals surface area contributed by atoms with Crippen LogP contribution in [0.3, 0.4) is 0 Å². The van der Waals surface area contributed by atoms with Gasteiger partial charge >= 0.3 is 0 Å². The van der Waals surface area contributed by atoms with Crippen molar-refractivity contribution in [2.45, 2.75) is 12.5 Å². The lowest BCUT2D eigenvalue weighted by atomic mass is 10.1. The number of rotatable bonds is 5. The second-order valence-electron chi connectivity index (χ2n) is 5.66. The standard InChI is InChI=1S/C15H18BrN7O/c1-23(2)15-21-10-4-3-8(5-11(10)22-15)20-14(24)9(17)6-12-13(16)19-7-18-12/h3-5,7,9H,6,17H2,1-2H3,(H,18,19)(H,20,24)(H,21,22). The highest BCUT2D eigenvalue weighted by molar-refractivity contribution is 9.10. The molecule has 5 N–H and O–H groups in total. The molecule has 2 aromatic heterocycles. The second-order valence-corrected chi connectivity index (χ2v) is 6.41. The number of hydrogen-bond acceptors (Lipinski definition) is 5. The average Bonchev–Trinajstić information content (AvgIpc) is 3.13. The van der Waals surface area contributed by atoms with E-state index in [9.17, 15) is 4.79 Å². The van der Waals surface area contributed by atoms with E-state index in [1.165, 1.54) is 0 Å². The number of carbonyl (C=O) groups excluding carboxylic acids is 1. The highest BCUT2D eigenvalue weighted by Crippen LogP contribution is 2.20. The number of aromatic nitrogens is 4. The summed E-state index contributed by atoms with van der Waals surface area (Å²) in [6.07, 6.45) is 1.92. The van der Waals surface area contributed by atoms with Crippen molar-refractivity contribution in [3.05, 3.63) is 34.8 Å². The molecule has 1 amide bonds. The van der Waals surface area contributed by atoms with Crippen LogP contribution in [-0.2, 0) is 11.2 Å². The number of benzene rings is 1. The molecule has 0 aliphatic rings. The van der Waals surface area contributed by atoms with Crippen molar-refractivity contribution < 1.29 is 4.79 Å². The molecule has 2 heterocycles. The Morgan fingerprint density at radius 1 is 1.46 bits per heavy atom. The van der Waals surface area contributed by atoms with Crippen molar-refractivity contribution in [3.8, 4) is 0 Å². The number of nitrogens with one attached hydrogen (secondary N) is 3. The van der Waals surface area contributed by atoms with E-state index >= 15 is 0 Å². The first-order valence-electron chi connectivity index (χ1n) is 7.35. The number of aromatic amines is 2. The third-order valence-electron chi connectivity index (χ3n) is 3.59. The lowest BCUT2D eigenvalue weighted by Crippen LogP contribution is -2.37. The normalized spacial score (nSPS) is 12.3. The minimum atomic E-state index is -0.684. The second kappa shape index (κ2) is 6.62. The van der Waals surface area contributed by atoms with Gasteiger partial charge in [-0.1, -0.05) is 0 Å². The topological polar surface area (TPSA) is 116 Å². The zero-order valence-corrected chi connectivity index (χ0v) is 14.9. The number of fused-ring (bicyclic) bond motifs is 1. The van der Waals surface area contributed by atoms with E-state index in [4.69, 9.17) is 5.73 Å². The van der Waals surface area contributed by atoms with Crippen LogP contribution in [0, 0.1) is 0 Å². The molecule has 1 aromatic carbocycles. The summed E-state index contributed by atoms with van der Waals surface area (Å²) in [7, 11) is 3.82. The molecule has 1 unspecified atom stereocenters. The van der Waals surface area contributed by atoms with E-state index in [1.54, 1.807) is 12.4 Å². The summed E-state index contributed by atoms with van der Waals surface area (Å²) < 4.78 is 0.667. The smallest absolute Gasteiger partial charge is 0.241 e. The van der Waals surface area contributed by atoms with Crippen molar-refractivity contribution in [2.24, 2.45) is 5.73 Å². The third kappa shape index (κ3) is 3.41. The molecule has 126 valence electrons.